The first-order valence-electron chi connectivity index (χ1n) is 13.8. The number of hydrogen-bond acceptors (Lipinski definition) is 8. The third kappa shape index (κ3) is 7.32. The van der Waals surface area contributed by atoms with Crippen LogP contribution in [0.2, 0.25) is 0 Å². The predicted molar refractivity (Wildman–Crippen MR) is 155 cm³/mol. The van der Waals surface area contributed by atoms with E-state index in [4.69, 9.17) is 0 Å². The second-order valence-electron chi connectivity index (χ2n) is 10.5. The SMILES string of the molecule is CCCCNc1nc(NCC2CCC(NS(=O)(=O)c3c(C)ccc4ccccc34)CC2)nc(NC(C)C)n1. The van der Waals surface area contributed by atoms with Crippen LogP contribution in [0.1, 0.15) is 64.9 Å². The van der Waals surface area contributed by atoms with Gasteiger partial charge in [0, 0.05) is 30.6 Å². The molecule has 206 valence electrons. The Bertz CT molecular complexity index is 1320. The highest BCUT2D eigenvalue weighted by Gasteiger charge is 2.28. The van der Waals surface area contributed by atoms with Crippen LogP contribution in [-0.2, 0) is 10.0 Å². The van der Waals surface area contributed by atoms with Crippen LogP contribution >= 0.6 is 0 Å². The van der Waals surface area contributed by atoms with Crippen molar-refractivity contribution in [2.24, 2.45) is 5.92 Å². The summed E-state index contributed by atoms with van der Waals surface area (Å²) in [6, 6.07) is 11.6. The van der Waals surface area contributed by atoms with Crippen molar-refractivity contribution in [3.8, 4) is 0 Å². The van der Waals surface area contributed by atoms with E-state index < -0.39 is 10.0 Å². The number of unbranched alkanes of at least 4 members (excludes halogenated alkanes) is 1. The lowest BCUT2D eigenvalue weighted by Crippen LogP contribution is -2.38. The van der Waals surface area contributed by atoms with Crippen LogP contribution in [0.15, 0.2) is 41.3 Å². The zero-order valence-corrected chi connectivity index (χ0v) is 23.7. The van der Waals surface area contributed by atoms with Crippen molar-refractivity contribution in [2.75, 3.05) is 29.0 Å². The molecule has 0 radical (unpaired) electrons. The molecule has 0 bridgehead atoms. The Morgan fingerprint density at radius 2 is 1.61 bits per heavy atom. The summed E-state index contributed by atoms with van der Waals surface area (Å²) in [5.74, 6) is 2.10. The van der Waals surface area contributed by atoms with Crippen LogP contribution in [0.3, 0.4) is 0 Å². The number of sulfonamides is 1. The highest BCUT2D eigenvalue weighted by atomic mass is 32.2. The zero-order valence-electron chi connectivity index (χ0n) is 22.9. The lowest BCUT2D eigenvalue weighted by molar-refractivity contribution is 0.323. The van der Waals surface area contributed by atoms with Gasteiger partial charge in [-0.15, -0.1) is 0 Å². The van der Waals surface area contributed by atoms with Crippen molar-refractivity contribution >= 4 is 38.6 Å². The maximum absolute atomic E-state index is 13.4. The smallest absolute Gasteiger partial charge is 0.241 e. The summed E-state index contributed by atoms with van der Waals surface area (Å²) in [6.45, 7) is 9.67. The molecule has 0 saturated heterocycles. The number of aromatic nitrogens is 3. The standard InChI is InChI=1S/C28H41N7O2S/c1-5-6-17-29-26-32-27(34-28(33-26)31-19(2)3)30-18-21-12-15-23(16-13-21)35-38(36,37)25-20(4)11-14-22-9-7-8-10-24(22)25/h7-11,14,19,21,23,35H,5-6,12-13,15-18H2,1-4H3,(H3,29,30,31,32,33,34). The van der Waals surface area contributed by atoms with E-state index in [0.29, 0.717) is 28.7 Å². The fraction of sp³-hybridized carbons (Fsp3) is 0.536. The first-order valence-corrected chi connectivity index (χ1v) is 15.2. The minimum absolute atomic E-state index is 0.0667. The summed E-state index contributed by atoms with van der Waals surface area (Å²) in [4.78, 5) is 14.0. The molecule has 38 heavy (non-hydrogen) atoms. The first kappa shape index (κ1) is 28.0. The van der Waals surface area contributed by atoms with E-state index in [0.717, 1.165) is 68.0 Å². The van der Waals surface area contributed by atoms with E-state index >= 15 is 0 Å². The molecule has 2 aromatic carbocycles. The number of benzene rings is 2. The van der Waals surface area contributed by atoms with Gasteiger partial charge < -0.3 is 16.0 Å². The molecule has 0 amide bonds. The van der Waals surface area contributed by atoms with E-state index in [-0.39, 0.29) is 12.1 Å². The molecular formula is C28H41N7O2S. The Morgan fingerprint density at radius 1 is 0.921 bits per heavy atom. The van der Waals surface area contributed by atoms with Gasteiger partial charge in [-0.3, -0.25) is 0 Å². The van der Waals surface area contributed by atoms with Gasteiger partial charge in [0.25, 0.3) is 0 Å². The summed E-state index contributed by atoms with van der Waals surface area (Å²) < 4.78 is 29.8. The lowest BCUT2D eigenvalue weighted by atomic mass is 9.86. The van der Waals surface area contributed by atoms with Gasteiger partial charge in [-0.1, -0.05) is 49.7 Å². The van der Waals surface area contributed by atoms with Crippen LogP contribution in [-0.4, -0.2) is 48.5 Å². The lowest BCUT2D eigenvalue weighted by Gasteiger charge is -2.29. The fourth-order valence-corrected chi connectivity index (χ4v) is 6.70. The molecule has 0 spiro atoms. The highest BCUT2D eigenvalue weighted by Crippen LogP contribution is 2.29. The normalized spacial score (nSPS) is 18.0. The van der Waals surface area contributed by atoms with Crippen molar-refractivity contribution < 1.29 is 8.42 Å². The second-order valence-corrected chi connectivity index (χ2v) is 12.2. The number of nitrogens with zero attached hydrogens (tertiary/aromatic N) is 3. The average molecular weight is 540 g/mol. The number of hydrogen-bond donors (Lipinski definition) is 4. The molecule has 10 heteroatoms. The van der Waals surface area contributed by atoms with Gasteiger partial charge in [0.2, 0.25) is 27.9 Å². The third-order valence-electron chi connectivity index (χ3n) is 6.93. The van der Waals surface area contributed by atoms with Crippen molar-refractivity contribution in [2.45, 2.75) is 83.2 Å². The number of nitrogens with one attached hydrogen (secondary N) is 4. The topological polar surface area (TPSA) is 121 Å². The number of aryl methyl sites for hydroxylation is 1. The van der Waals surface area contributed by atoms with Crippen LogP contribution in [0, 0.1) is 12.8 Å². The summed E-state index contributed by atoms with van der Waals surface area (Å²) in [5.41, 5.74) is 0.765. The Hall–Kier alpha value is -2.98. The van der Waals surface area contributed by atoms with E-state index in [1.54, 1.807) is 0 Å². The van der Waals surface area contributed by atoms with E-state index in [1.165, 1.54) is 0 Å². The number of fused-ring (bicyclic) bond motifs is 1. The third-order valence-corrected chi connectivity index (χ3v) is 8.65. The summed E-state index contributed by atoms with van der Waals surface area (Å²) in [7, 11) is -3.63. The molecule has 3 aromatic rings. The number of anilines is 3. The molecule has 1 saturated carbocycles. The second kappa shape index (κ2) is 12.7. The van der Waals surface area contributed by atoms with Crippen LogP contribution < -0.4 is 20.7 Å². The van der Waals surface area contributed by atoms with Crippen LogP contribution in [0.25, 0.3) is 10.8 Å². The highest BCUT2D eigenvalue weighted by molar-refractivity contribution is 7.89. The minimum Gasteiger partial charge on any atom is -0.354 e. The molecule has 0 unspecified atom stereocenters. The summed E-state index contributed by atoms with van der Waals surface area (Å²) in [5, 5.41) is 11.6. The molecule has 4 rings (SSSR count). The van der Waals surface area contributed by atoms with Gasteiger partial charge in [-0.2, -0.15) is 15.0 Å². The molecule has 9 nitrogen and oxygen atoms in total. The minimum atomic E-state index is -3.63. The van der Waals surface area contributed by atoms with Gasteiger partial charge in [-0.05, 0) is 69.7 Å². The molecule has 1 aromatic heterocycles. The van der Waals surface area contributed by atoms with E-state index in [1.807, 2.05) is 43.3 Å². The van der Waals surface area contributed by atoms with Gasteiger partial charge in [0.15, 0.2) is 0 Å². The molecule has 1 heterocycles. The van der Waals surface area contributed by atoms with Gasteiger partial charge >= 0.3 is 0 Å². The van der Waals surface area contributed by atoms with Gasteiger partial charge in [-0.25, -0.2) is 13.1 Å². The zero-order chi connectivity index (χ0) is 27.1. The van der Waals surface area contributed by atoms with E-state index in [2.05, 4.69) is 56.4 Å². The maximum Gasteiger partial charge on any atom is 0.241 e. The fourth-order valence-electron chi connectivity index (χ4n) is 4.94. The largest absolute Gasteiger partial charge is 0.354 e. The Morgan fingerprint density at radius 3 is 2.32 bits per heavy atom. The Labute approximate surface area is 226 Å². The summed E-state index contributed by atoms with van der Waals surface area (Å²) >= 11 is 0. The Kier molecular flexibility index (Phi) is 9.38. The molecular weight excluding hydrogens is 498 g/mol. The van der Waals surface area contributed by atoms with E-state index in [9.17, 15) is 8.42 Å². The van der Waals surface area contributed by atoms with Crippen molar-refractivity contribution in [1.82, 2.24) is 19.7 Å². The first-order chi connectivity index (χ1) is 18.2. The monoisotopic (exact) mass is 539 g/mol. The maximum atomic E-state index is 13.4. The molecule has 0 aliphatic heterocycles. The molecule has 1 aliphatic carbocycles. The summed E-state index contributed by atoms with van der Waals surface area (Å²) in [6.07, 6.45) is 5.61. The van der Waals surface area contributed by atoms with Crippen molar-refractivity contribution in [3.63, 3.8) is 0 Å². The Balaban J connectivity index is 1.35. The van der Waals surface area contributed by atoms with Crippen molar-refractivity contribution in [3.05, 3.63) is 42.0 Å². The molecule has 1 fully saturated rings. The quantitative estimate of drug-likeness (QED) is 0.228. The van der Waals surface area contributed by atoms with Crippen LogP contribution in [0.4, 0.5) is 17.8 Å². The average Bonchev–Trinajstić information content (AvgIpc) is 2.87. The molecule has 1 aliphatic rings. The van der Waals surface area contributed by atoms with Gasteiger partial charge in [0.05, 0.1) is 4.90 Å². The van der Waals surface area contributed by atoms with Crippen LogP contribution in [0.5, 0.6) is 0 Å². The predicted octanol–water partition coefficient (Wildman–Crippen LogP) is 5.31. The van der Waals surface area contributed by atoms with Crippen molar-refractivity contribution in [1.29, 1.82) is 0 Å². The number of rotatable bonds is 12. The molecule has 4 N–H and O–H groups in total. The van der Waals surface area contributed by atoms with Gasteiger partial charge in [0.1, 0.15) is 0 Å². The molecule has 0 atom stereocenters.